The van der Waals surface area contributed by atoms with Crippen molar-refractivity contribution < 1.29 is 4.79 Å². The fourth-order valence-corrected chi connectivity index (χ4v) is 3.56. The van der Waals surface area contributed by atoms with Crippen LogP contribution < -0.4 is 5.32 Å². The molecule has 0 aliphatic carbocycles. The van der Waals surface area contributed by atoms with E-state index in [-0.39, 0.29) is 16.7 Å². The molecule has 1 N–H and O–H groups in total. The van der Waals surface area contributed by atoms with E-state index < -0.39 is 0 Å². The molecule has 0 unspecified atom stereocenters. The minimum absolute atomic E-state index is 0.0485. The molecule has 0 heterocycles. The van der Waals surface area contributed by atoms with Crippen molar-refractivity contribution in [3.63, 3.8) is 0 Å². The predicted molar refractivity (Wildman–Crippen MR) is 126 cm³/mol. The third kappa shape index (κ3) is 6.34. The third-order valence-corrected chi connectivity index (χ3v) is 6.62. The van der Waals surface area contributed by atoms with Gasteiger partial charge < -0.3 is 5.32 Å². The van der Waals surface area contributed by atoms with Crippen LogP contribution in [0.15, 0.2) is 42.5 Å². The average Bonchev–Trinajstić information content (AvgIpc) is 2.69. The highest BCUT2D eigenvalue weighted by atomic mass is 35.5. The number of nitrogens with one attached hydrogen (secondary N) is 1. The van der Waals surface area contributed by atoms with Gasteiger partial charge in [0, 0.05) is 17.1 Å². The van der Waals surface area contributed by atoms with Gasteiger partial charge in [-0.1, -0.05) is 71.3 Å². The van der Waals surface area contributed by atoms with E-state index in [2.05, 4.69) is 65.1 Å². The molecule has 0 aliphatic heterocycles. The van der Waals surface area contributed by atoms with Crippen LogP contribution in [0.5, 0.6) is 0 Å². The van der Waals surface area contributed by atoms with Gasteiger partial charge in [-0.25, -0.2) is 0 Å². The minimum Gasteiger partial charge on any atom is -0.326 e. The van der Waals surface area contributed by atoms with Crippen LogP contribution in [0.1, 0.15) is 83.9 Å². The molecule has 158 valence electrons. The summed E-state index contributed by atoms with van der Waals surface area (Å²) in [6, 6.07) is 14.2. The summed E-state index contributed by atoms with van der Waals surface area (Å²) in [7, 11) is 0. The van der Waals surface area contributed by atoms with Gasteiger partial charge in [0.2, 0.25) is 5.91 Å². The number of amides is 1. The number of anilines is 1. The van der Waals surface area contributed by atoms with E-state index in [1.165, 1.54) is 16.7 Å². The molecule has 0 saturated heterocycles. The summed E-state index contributed by atoms with van der Waals surface area (Å²) in [6.07, 6.45) is 4.47. The summed E-state index contributed by atoms with van der Waals surface area (Å²) in [6.45, 7) is 13.8. The molecule has 0 aliphatic rings. The van der Waals surface area contributed by atoms with Crippen LogP contribution in [0.25, 0.3) is 0 Å². The Hall–Kier alpha value is -1.80. The second-order valence-corrected chi connectivity index (χ2v) is 9.69. The Bertz CT molecular complexity index is 821. The minimum atomic E-state index is 0.0485. The van der Waals surface area contributed by atoms with E-state index >= 15 is 0 Å². The molecule has 2 nitrogen and oxygen atoms in total. The summed E-state index contributed by atoms with van der Waals surface area (Å²) in [4.78, 5) is 12.3. The molecule has 2 aromatic rings. The molecule has 0 spiro atoms. The summed E-state index contributed by atoms with van der Waals surface area (Å²) in [5, 5.41) is 3.62. The molecule has 0 atom stereocenters. The fraction of sp³-hybridized carbons (Fsp3) is 0.500. The summed E-state index contributed by atoms with van der Waals surface area (Å²) in [5.41, 5.74) is 5.29. The maximum Gasteiger partial charge on any atom is 0.224 e. The largest absolute Gasteiger partial charge is 0.326 e. The molecule has 0 fully saturated rings. The van der Waals surface area contributed by atoms with Crippen LogP contribution in [0.4, 0.5) is 5.69 Å². The standard InChI is InChI=1S/C26H36ClNO/c1-7-25(3,4)20-13-12-19(23(18-20)26(5,6)8-2)10-9-11-24(29)28-22-16-14-21(27)15-17-22/h12-18H,7-11H2,1-6H3,(H,28,29). The van der Waals surface area contributed by atoms with Crippen molar-refractivity contribution in [1.29, 1.82) is 0 Å². The number of halogens is 1. The van der Waals surface area contributed by atoms with E-state index in [1.54, 1.807) is 12.1 Å². The van der Waals surface area contributed by atoms with Crippen molar-refractivity contribution in [2.45, 2.75) is 84.5 Å². The second-order valence-electron chi connectivity index (χ2n) is 9.26. The van der Waals surface area contributed by atoms with Crippen LogP contribution in [0, 0.1) is 0 Å². The number of hydrogen-bond donors (Lipinski definition) is 1. The first kappa shape index (κ1) is 23.5. The topological polar surface area (TPSA) is 29.1 Å². The van der Waals surface area contributed by atoms with Crippen molar-refractivity contribution in [3.8, 4) is 0 Å². The van der Waals surface area contributed by atoms with Gasteiger partial charge in [-0.15, -0.1) is 0 Å². The first-order valence-corrected chi connectivity index (χ1v) is 11.2. The first-order chi connectivity index (χ1) is 13.6. The molecule has 2 rings (SSSR count). The molecule has 0 saturated carbocycles. The highest BCUT2D eigenvalue weighted by molar-refractivity contribution is 6.30. The number of carbonyl (C=O) groups excluding carboxylic acids is 1. The van der Waals surface area contributed by atoms with Gasteiger partial charge in [0.1, 0.15) is 0 Å². The van der Waals surface area contributed by atoms with Gasteiger partial charge in [-0.2, -0.15) is 0 Å². The molecular formula is C26H36ClNO. The molecule has 3 heteroatoms. The van der Waals surface area contributed by atoms with Crippen molar-refractivity contribution >= 4 is 23.2 Å². The van der Waals surface area contributed by atoms with Gasteiger partial charge in [0.15, 0.2) is 0 Å². The fourth-order valence-electron chi connectivity index (χ4n) is 3.44. The first-order valence-electron chi connectivity index (χ1n) is 10.8. The van der Waals surface area contributed by atoms with Crippen molar-refractivity contribution in [1.82, 2.24) is 0 Å². The second kappa shape index (κ2) is 9.80. The smallest absolute Gasteiger partial charge is 0.224 e. The summed E-state index contributed by atoms with van der Waals surface area (Å²) in [5.74, 6) is 0.0485. The number of hydrogen-bond acceptors (Lipinski definition) is 1. The number of benzene rings is 2. The van der Waals surface area contributed by atoms with Gasteiger partial charge >= 0.3 is 0 Å². The quantitative estimate of drug-likeness (QED) is 0.448. The van der Waals surface area contributed by atoms with Crippen LogP contribution in [-0.4, -0.2) is 5.91 Å². The van der Waals surface area contributed by atoms with Crippen LogP contribution in [0.2, 0.25) is 5.02 Å². The van der Waals surface area contributed by atoms with E-state index in [1.807, 2.05) is 12.1 Å². The molecule has 0 radical (unpaired) electrons. The van der Waals surface area contributed by atoms with E-state index in [9.17, 15) is 4.79 Å². The number of rotatable bonds is 9. The third-order valence-electron chi connectivity index (χ3n) is 6.37. The number of carbonyl (C=O) groups is 1. The summed E-state index contributed by atoms with van der Waals surface area (Å²) >= 11 is 5.90. The SMILES string of the molecule is CCC(C)(C)c1ccc(CCCC(=O)Nc2ccc(Cl)cc2)c(C(C)(C)CC)c1. The Morgan fingerprint density at radius 2 is 1.55 bits per heavy atom. The van der Waals surface area contributed by atoms with Crippen molar-refractivity contribution in [3.05, 3.63) is 64.2 Å². The Kier molecular flexibility index (Phi) is 7.94. The lowest BCUT2D eigenvalue weighted by molar-refractivity contribution is -0.116. The molecule has 0 aromatic heterocycles. The van der Waals surface area contributed by atoms with E-state index in [4.69, 9.17) is 11.6 Å². The molecular weight excluding hydrogens is 378 g/mol. The van der Waals surface area contributed by atoms with Crippen LogP contribution in [-0.2, 0) is 22.0 Å². The Labute approximate surface area is 182 Å². The lowest BCUT2D eigenvalue weighted by Crippen LogP contribution is -2.22. The lowest BCUT2D eigenvalue weighted by atomic mass is 9.74. The van der Waals surface area contributed by atoms with E-state index in [0.29, 0.717) is 11.4 Å². The van der Waals surface area contributed by atoms with Crippen LogP contribution >= 0.6 is 11.6 Å². The Morgan fingerprint density at radius 1 is 0.931 bits per heavy atom. The van der Waals surface area contributed by atoms with Gasteiger partial charge in [-0.3, -0.25) is 4.79 Å². The Balaban J connectivity index is 2.09. The normalized spacial score (nSPS) is 12.1. The van der Waals surface area contributed by atoms with Crippen LogP contribution in [0.3, 0.4) is 0 Å². The Morgan fingerprint density at radius 3 is 2.14 bits per heavy atom. The lowest BCUT2D eigenvalue weighted by Gasteiger charge is -2.31. The van der Waals surface area contributed by atoms with Gasteiger partial charge in [0.05, 0.1) is 0 Å². The highest BCUT2D eigenvalue weighted by Gasteiger charge is 2.25. The molecule has 29 heavy (non-hydrogen) atoms. The maximum absolute atomic E-state index is 12.3. The molecule has 2 aromatic carbocycles. The molecule has 0 bridgehead atoms. The van der Waals surface area contributed by atoms with Crippen molar-refractivity contribution in [2.75, 3.05) is 5.32 Å². The zero-order valence-electron chi connectivity index (χ0n) is 18.9. The molecule has 1 amide bonds. The zero-order valence-corrected chi connectivity index (χ0v) is 19.6. The summed E-state index contributed by atoms with van der Waals surface area (Å²) < 4.78 is 0. The highest BCUT2D eigenvalue weighted by Crippen LogP contribution is 2.35. The number of aryl methyl sites for hydroxylation is 1. The predicted octanol–water partition coefficient (Wildman–Crippen LogP) is 7.68. The van der Waals surface area contributed by atoms with Crippen molar-refractivity contribution in [2.24, 2.45) is 0 Å². The van der Waals surface area contributed by atoms with E-state index in [0.717, 1.165) is 31.4 Å². The van der Waals surface area contributed by atoms with Gasteiger partial charge in [0.25, 0.3) is 0 Å². The maximum atomic E-state index is 12.3. The average molecular weight is 414 g/mol. The zero-order chi connectivity index (χ0) is 21.7. The van der Waals surface area contributed by atoms with Gasteiger partial charge in [-0.05, 0) is 77.5 Å². The monoisotopic (exact) mass is 413 g/mol.